The monoisotopic (exact) mass is 210 g/mol. The summed E-state index contributed by atoms with van der Waals surface area (Å²) >= 11 is 1.83. The second kappa shape index (κ2) is 5.91. The van der Waals surface area contributed by atoms with Crippen LogP contribution in [0.25, 0.3) is 0 Å². The lowest BCUT2D eigenvalue weighted by Crippen LogP contribution is -2.09. The van der Waals surface area contributed by atoms with Crippen LogP contribution in [0.1, 0.15) is 19.4 Å². The SMILES string of the molecule is CSCc1ccnc(NCC(C)C)c1. The summed E-state index contributed by atoms with van der Waals surface area (Å²) in [5, 5.41) is 3.32. The molecule has 1 aromatic rings. The first kappa shape index (κ1) is 11.4. The molecular formula is C11H18N2S. The van der Waals surface area contributed by atoms with Gasteiger partial charge in [0.15, 0.2) is 0 Å². The van der Waals surface area contributed by atoms with E-state index in [1.807, 2.05) is 18.0 Å². The average molecular weight is 210 g/mol. The van der Waals surface area contributed by atoms with E-state index in [-0.39, 0.29) is 0 Å². The van der Waals surface area contributed by atoms with Crippen LogP contribution in [0.3, 0.4) is 0 Å². The van der Waals surface area contributed by atoms with E-state index < -0.39 is 0 Å². The Bertz CT molecular complexity index is 274. The first-order valence-electron chi connectivity index (χ1n) is 4.90. The van der Waals surface area contributed by atoms with Crippen molar-refractivity contribution in [3.8, 4) is 0 Å². The van der Waals surface area contributed by atoms with Crippen LogP contribution >= 0.6 is 11.8 Å². The first-order valence-corrected chi connectivity index (χ1v) is 6.29. The summed E-state index contributed by atoms with van der Waals surface area (Å²) < 4.78 is 0. The van der Waals surface area contributed by atoms with Crippen molar-refractivity contribution in [3.05, 3.63) is 23.9 Å². The van der Waals surface area contributed by atoms with Gasteiger partial charge in [-0.2, -0.15) is 11.8 Å². The molecule has 0 fully saturated rings. The van der Waals surface area contributed by atoms with Crippen LogP contribution in [0.15, 0.2) is 18.3 Å². The van der Waals surface area contributed by atoms with E-state index in [0.717, 1.165) is 18.1 Å². The Kier molecular flexibility index (Phi) is 4.80. The molecule has 1 N–H and O–H groups in total. The number of rotatable bonds is 5. The molecule has 0 aliphatic carbocycles. The predicted molar refractivity (Wildman–Crippen MR) is 64.8 cm³/mol. The molecule has 1 heterocycles. The lowest BCUT2D eigenvalue weighted by molar-refractivity contribution is 0.687. The molecule has 0 bridgehead atoms. The third-order valence-corrected chi connectivity index (χ3v) is 2.45. The smallest absolute Gasteiger partial charge is 0.126 e. The molecule has 0 aromatic carbocycles. The molecule has 0 saturated carbocycles. The zero-order valence-corrected chi connectivity index (χ0v) is 9.90. The number of anilines is 1. The second-order valence-corrected chi connectivity index (χ2v) is 4.62. The van der Waals surface area contributed by atoms with Gasteiger partial charge in [0.25, 0.3) is 0 Å². The van der Waals surface area contributed by atoms with Gasteiger partial charge in [0.2, 0.25) is 0 Å². The molecule has 0 saturated heterocycles. The van der Waals surface area contributed by atoms with Gasteiger partial charge in [0.1, 0.15) is 5.82 Å². The molecule has 14 heavy (non-hydrogen) atoms. The largest absolute Gasteiger partial charge is 0.370 e. The normalized spacial score (nSPS) is 10.6. The summed E-state index contributed by atoms with van der Waals surface area (Å²) in [6, 6.07) is 4.19. The molecule has 1 rings (SSSR count). The van der Waals surface area contributed by atoms with E-state index in [9.17, 15) is 0 Å². The van der Waals surface area contributed by atoms with Gasteiger partial charge >= 0.3 is 0 Å². The van der Waals surface area contributed by atoms with E-state index in [1.165, 1.54) is 5.56 Å². The third-order valence-electron chi connectivity index (χ3n) is 1.83. The fraction of sp³-hybridized carbons (Fsp3) is 0.545. The zero-order chi connectivity index (χ0) is 10.4. The topological polar surface area (TPSA) is 24.9 Å². The van der Waals surface area contributed by atoms with Gasteiger partial charge in [-0.25, -0.2) is 4.98 Å². The van der Waals surface area contributed by atoms with Crippen LogP contribution in [-0.4, -0.2) is 17.8 Å². The van der Waals surface area contributed by atoms with Crippen molar-refractivity contribution >= 4 is 17.6 Å². The van der Waals surface area contributed by atoms with Crippen LogP contribution < -0.4 is 5.32 Å². The Morgan fingerprint density at radius 2 is 2.29 bits per heavy atom. The molecule has 0 atom stereocenters. The lowest BCUT2D eigenvalue weighted by atomic mass is 10.2. The summed E-state index contributed by atoms with van der Waals surface area (Å²) in [4.78, 5) is 4.27. The zero-order valence-electron chi connectivity index (χ0n) is 9.08. The van der Waals surface area contributed by atoms with E-state index in [1.54, 1.807) is 0 Å². The number of nitrogens with zero attached hydrogens (tertiary/aromatic N) is 1. The minimum absolute atomic E-state index is 0.654. The highest BCUT2D eigenvalue weighted by Crippen LogP contribution is 2.12. The Labute approximate surface area is 90.5 Å². The molecule has 1 aromatic heterocycles. The van der Waals surface area contributed by atoms with E-state index in [4.69, 9.17) is 0 Å². The van der Waals surface area contributed by atoms with Crippen LogP contribution in [0.4, 0.5) is 5.82 Å². The molecule has 0 radical (unpaired) electrons. The van der Waals surface area contributed by atoms with Crippen molar-refractivity contribution < 1.29 is 0 Å². The van der Waals surface area contributed by atoms with Crippen molar-refractivity contribution in [2.45, 2.75) is 19.6 Å². The van der Waals surface area contributed by atoms with Gasteiger partial charge in [-0.1, -0.05) is 13.8 Å². The molecule has 0 aliphatic heterocycles. The standard InChI is InChI=1S/C11H18N2S/c1-9(2)7-13-11-6-10(8-14-3)4-5-12-11/h4-6,9H,7-8H2,1-3H3,(H,12,13). The number of pyridine rings is 1. The highest BCUT2D eigenvalue weighted by Gasteiger charge is 1.97. The minimum Gasteiger partial charge on any atom is -0.370 e. The van der Waals surface area contributed by atoms with Crippen LogP contribution in [0.2, 0.25) is 0 Å². The molecule has 0 spiro atoms. The maximum absolute atomic E-state index is 4.27. The summed E-state index contributed by atoms with van der Waals surface area (Å²) in [7, 11) is 0. The second-order valence-electron chi connectivity index (χ2n) is 3.76. The van der Waals surface area contributed by atoms with Crippen LogP contribution in [-0.2, 0) is 5.75 Å². The summed E-state index contributed by atoms with van der Waals surface area (Å²) in [5.41, 5.74) is 1.33. The van der Waals surface area contributed by atoms with Gasteiger partial charge in [0.05, 0.1) is 0 Å². The first-order chi connectivity index (χ1) is 6.72. The van der Waals surface area contributed by atoms with Crippen LogP contribution in [0.5, 0.6) is 0 Å². The van der Waals surface area contributed by atoms with Crippen molar-refractivity contribution in [3.63, 3.8) is 0 Å². The minimum atomic E-state index is 0.654. The molecule has 2 nitrogen and oxygen atoms in total. The Morgan fingerprint density at radius 1 is 1.50 bits per heavy atom. The number of nitrogens with one attached hydrogen (secondary N) is 1. The van der Waals surface area contributed by atoms with Gasteiger partial charge in [0, 0.05) is 18.5 Å². The summed E-state index contributed by atoms with van der Waals surface area (Å²) in [6.45, 7) is 5.37. The highest BCUT2D eigenvalue weighted by molar-refractivity contribution is 7.97. The van der Waals surface area contributed by atoms with Gasteiger partial charge < -0.3 is 5.32 Å². The quantitative estimate of drug-likeness (QED) is 0.808. The van der Waals surface area contributed by atoms with Crippen molar-refractivity contribution in [1.29, 1.82) is 0 Å². The average Bonchev–Trinajstić information content (AvgIpc) is 2.16. The van der Waals surface area contributed by atoms with Crippen LogP contribution in [0, 0.1) is 5.92 Å². The number of hydrogen-bond acceptors (Lipinski definition) is 3. The maximum atomic E-state index is 4.27. The number of hydrogen-bond donors (Lipinski definition) is 1. The fourth-order valence-corrected chi connectivity index (χ4v) is 1.65. The number of aromatic nitrogens is 1. The molecule has 0 aliphatic rings. The third kappa shape index (κ3) is 4.01. The van der Waals surface area contributed by atoms with E-state index in [0.29, 0.717) is 5.92 Å². The van der Waals surface area contributed by atoms with Gasteiger partial charge in [-0.15, -0.1) is 0 Å². The summed E-state index contributed by atoms with van der Waals surface area (Å²) in [6.07, 6.45) is 3.98. The fourth-order valence-electron chi connectivity index (χ4n) is 1.14. The molecule has 0 unspecified atom stereocenters. The molecular weight excluding hydrogens is 192 g/mol. The Morgan fingerprint density at radius 3 is 2.93 bits per heavy atom. The van der Waals surface area contributed by atoms with E-state index in [2.05, 4.69) is 42.5 Å². The lowest BCUT2D eigenvalue weighted by Gasteiger charge is -2.08. The molecule has 3 heteroatoms. The predicted octanol–water partition coefficient (Wildman–Crippen LogP) is 3.01. The number of thioether (sulfide) groups is 1. The van der Waals surface area contributed by atoms with E-state index >= 15 is 0 Å². The highest BCUT2D eigenvalue weighted by atomic mass is 32.2. The van der Waals surface area contributed by atoms with Gasteiger partial charge in [-0.05, 0) is 29.9 Å². The molecule has 0 amide bonds. The van der Waals surface area contributed by atoms with Crippen molar-refractivity contribution in [1.82, 2.24) is 4.98 Å². The van der Waals surface area contributed by atoms with Crippen molar-refractivity contribution in [2.75, 3.05) is 18.1 Å². The Hall–Kier alpha value is -0.700. The molecule has 78 valence electrons. The maximum Gasteiger partial charge on any atom is 0.126 e. The Balaban J connectivity index is 2.54. The van der Waals surface area contributed by atoms with Gasteiger partial charge in [-0.3, -0.25) is 0 Å². The van der Waals surface area contributed by atoms with Crippen molar-refractivity contribution in [2.24, 2.45) is 5.92 Å². The summed E-state index contributed by atoms with van der Waals surface area (Å²) in [5.74, 6) is 2.70.